The topological polar surface area (TPSA) is 49.8 Å². The second-order valence-corrected chi connectivity index (χ2v) is 4.38. The average molecular weight is 224 g/mol. The van der Waals surface area contributed by atoms with Crippen LogP contribution in [-0.2, 0) is 6.54 Å². The predicted octanol–water partition coefficient (Wildman–Crippen LogP) is 0.650. The molecule has 0 saturated carbocycles. The molecule has 1 atom stereocenters. The van der Waals surface area contributed by atoms with Crippen LogP contribution in [0.25, 0.3) is 0 Å². The van der Waals surface area contributed by atoms with Crippen molar-refractivity contribution in [3.8, 4) is 0 Å². The van der Waals surface area contributed by atoms with Gasteiger partial charge in [0, 0.05) is 31.5 Å². The molecule has 0 radical (unpaired) electrons. The minimum Gasteiger partial charge on any atom is -0.315 e. The van der Waals surface area contributed by atoms with Crippen LogP contribution in [0, 0.1) is 0 Å². The molecule has 0 aliphatic carbocycles. The van der Waals surface area contributed by atoms with Gasteiger partial charge in [-0.15, -0.1) is 11.8 Å². The Kier molecular flexibility index (Phi) is 3.94. The third-order valence-corrected chi connectivity index (χ3v) is 3.28. The van der Waals surface area contributed by atoms with E-state index in [1.165, 1.54) is 6.42 Å². The van der Waals surface area contributed by atoms with Gasteiger partial charge < -0.3 is 10.6 Å². The normalized spacial score (nSPS) is 20.7. The average Bonchev–Trinajstić information content (AvgIpc) is 2.79. The second kappa shape index (κ2) is 5.44. The van der Waals surface area contributed by atoms with E-state index in [0.29, 0.717) is 6.04 Å². The molecule has 0 aromatic carbocycles. The Morgan fingerprint density at radius 1 is 1.53 bits per heavy atom. The monoisotopic (exact) mass is 224 g/mol. The fourth-order valence-corrected chi connectivity index (χ4v) is 2.24. The van der Waals surface area contributed by atoms with Crippen molar-refractivity contribution >= 4 is 11.8 Å². The van der Waals surface area contributed by atoms with Crippen LogP contribution in [0.5, 0.6) is 0 Å². The van der Waals surface area contributed by atoms with Crippen LogP contribution < -0.4 is 10.6 Å². The van der Waals surface area contributed by atoms with E-state index < -0.39 is 0 Å². The molecular formula is C10H16N4S. The van der Waals surface area contributed by atoms with Crippen molar-refractivity contribution in [2.75, 3.05) is 19.3 Å². The molecule has 0 amide bonds. The van der Waals surface area contributed by atoms with Crippen molar-refractivity contribution in [3.63, 3.8) is 0 Å². The van der Waals surface area contributed by atoms with Gasteiger partial charge in [-0.2, -0.15) is 0 Å². The Morgan fingerprint density at radius 3 is 3.13 bits per heavy atom. The molecule has 15 heavy (non-hydrogen) atoms. The zero-order chi connectivity index (χ0) is 10.5. The molecule has 0 unspecified atom stereocenters. The van der Waals surface area contributed by atoms with Gasteiger partial charge in [0.25, 0.3) is 0 Å². The van der Waals surface area contributed by atoms with E-state index in [1.54, 1.807) is 24.2 Å². The molecule has 82 valence electrons. The maximum Gasteiger partial charge on any atom is 0.119 e. The lowest BCUT2D eigenvalue weighted by atomic mass is 10.2. The summed E-state index contributed by atoms with van der Waals surface area (Å²) in [6.07, 6.45) is 6.73. The Labute approximate surface area is 94.3 Å². The highest BCUT2D eigenvalue weighted by molar-refractivity contribution is 7.98. The molecule has 1 aliphatic rings. The molecular weight excluding hydrogens is 208 g/mol. The molecule has 0 bridgehead atoms. The highest BCUT2D eigenvalue weighted by Crippen LogP contribution is 2.14. The van der Waals surface area contributed by atoms with Crippen LogP contribution in [0.15, 0.2) is 17.4 Å². The first-order valence-electron chi connectivity index (χ1n) is 5.18. The fourth-order valence-electron chi connectivity index (χ4n) is 1.72. The molecule has 0 spiro atoms. The van der Waals surface area contributed by atoms with Crippen LogP contribution in [0.1, 0.15) is 12.1 Å². The van der Waals surface area contributed by atoms with Crippen molar-refractivity contribution in [2.24, 2.45) is 0 Å². The quantitative estimate of drug-likeness (QED) is 0.735. The van der Waals surface area contributed by atoms with Gasteiger partial charge in [0.05, 0.1) is 5.69 Å². The lowest BCUT2D eigenvalue weighted by Gasteiger charge is -2.11. The number of thioether (sulfide) groups is 1. The van der Waals surface area contributed by atoms with E-state index in [1.807, 2.05) is 6.26 Å². The van der Waals surface area contributed by atoms with E-state index in [4.69, 9.17) is 0 Å². The third-order valence-electron chi connectivity index (χ3n) is 2.55. The Bertz CT molecular complexity index is 312. The van der Waals surface area contributed by atoms with Crippen molar-refractivity contribution in [2.45, 2.75) is 24.0 Å². The zero-order valence-corrected chi connectivity index (χ0v) is 9.68. The second-order valence-electron chi connectivity index (χ2n) is 3.58. The van der Waals surface area contributed by atoms with Crippen molar-refractivity contribution in [1.29, 1.82) is 0 Å². The standard InChI is InChI=1S/C10H16N4S/c1-15-10-9(12-4-5-13-10)7-14-8-2-3-11-6-8/h4-5,8,11,14H,2-3,6-7H2,1H3/t8-/m1/s1. The van der Waals surface area contributed by atoms with E-state index >= 15 is 0 Å². The smallest absolute Gasteiger partial charge is 0.119 e. The van der Waals surface area contributed by atoms with Gasteiger partial charge in [-0.3, -0.25) is 4.98 Å². The van der Waals surface area contributed by atoms with Gasteiger partial charge in [-0.1, -0.05) is 0 Å². The Balaban J connectivity index is 1.91. The summed E-state index contributed by atoms with van der Waals surface area (Å²) < 4.78 is 0. The number of hydrogen-bond acceptors (Lipinski definition) is 5. The summed E-state index contributed by atoms with van der Waals surface area (Å²) in [6.45, 7) is 3.00. The van der Waals surface area contributed by atoms with Crippen LogP contribution in [0.3, 0.4) is 0 Å². The van der Waals surface area contributed by atoms with Crippen LogP contribution >= 0.6 is 11.8 Å². The van der Waals surface area contributed by atoms with Crippen LogP contribution in [0.4, 0.5) is 0 Å². The SMILES string of the molecule is CSc1nccnc1CN[C@@H]1CCNC1. The van der Waals surface area contributed by atoms with Crippen LogP contribution in [0.2, 0.25) is 0 Å². The number of hydrogen-bond donors (Lipinski definition) is 2. The van der Waals surface area contributed by atoms with E-state index in [9.17, 15) is 0 Å². The number of aromatic nitrogens is 2. The van der Waals surface area contributed by atoms with Crippen molar-refractivity contribution in [1.82, 2.24) is 20.6 Å². The molecule has 4 nitrogen and oxygen atoms in total. The first-order chi connectivity index (χ1) is 7.40. The molecule has 1 saturated heterocycles. The molecule has 2 rings (SSSR count). The summed E-state index contributed by atoms with van der Waals surface area (Å²) in [6, 6.07) is 0.585. The number of nitrogens with one attached hydrogen (secondary N) is 2. The van der Waals surface area contributed by atoms with Gasteiger partial charge in [0.1, 0.15) is 5.03 Å². The molecule has 1 fully saturated rings. The molecule has 1 aromatic rings. The molecule has 2 N–H and O–H groups in total. The summed E-state index contributed by atoms with van der Waals surface area (Å²) in [7, 11) is 0. The molecule has 5 heteroatoms. The van der Waals surface area contributed by atoms with Gasteiger partial charge >= 0.3 is 0 Å². The largest absolute Gasteiger partial charge is 0.315 e. The first-order valence-corrected chi connectivity index (χ1v) is 6.40. The minimum atomic E-state index is 0.585. The molecule has 2 heterocycles. The van der Waals surface area contributed by atoms with Gasteiger partial charge in [0.15, 0.2) is 0 Å². The predicted molar refractivity (Wildman–Crippen MR) is 61.9 cm³/mol. The fraction of sp³-hybridized carbons (Fsp3) is 0.600. The van der Waals surface area contributed by atoms with Crippen molar-refractivity contribution in [3.05, 3.63) is 18.1 Å². The summed E-state index contributed by atoms with van der Waals surface area (Å²) in [5.41, 5.74) is 1.05. The lowest BCUT2D eigenvalue weighted by Crippen LogP contribution is -2.30. The van der Waals surface area contributed by atoms with Crippen LogP contribution in [-0.4, -0.2) is 35.4 Å². The van der Waals surface area contributed by atoms with Crippen molar-refractivity contribution < 1.29 is 0 Å². The van der Waals surface area contributed by atoms with E-state index in [-0.39, 0.29) is 0 Å². The highest BCUT2D eigenvalue weighted by Gasteiger charge is 2.14. The summed E-state index contributed by atoms with van der Waals surface area (Å²) in [5, 5.41) is 7.85. The van der Waals surface area contributed by atoms with Gasteiger partial charge in [0.2, 0.25) is 0 Å². The number of rotatable bonds is 4. The first kappa shape index (κ1) is 10.9. The summed E-state index contributed by atoms with van der Waals surface area (Å²) in [5.74, 6) is 0. The molecule has 1 aliphatic heterocycles. The molecule has 1 aromatic heterocycles. The lowest BCUT2D eigenvalue weighted by molar-refractivity contribution is 0.535. The summed E-state index contributed by atoms with van der Waals surface area (Å²) >= 11 is 1.65. The maximum absolute atomic E-state index is 4.34. The highest BCUT2D eigenvalue weighted by atomic mass is 32.2. The Hall–Kier alpha value is -0.650. The maximum atomic E-state index is 4.34. The van der Waals surface area contributed by atoms with Gasteiger partial charge in [-0.25, -0.2) is 4.98 Å². The van der Waals surface area contributed by atoms with E-state index in [2.05, 4.69) is 20.6 Å². The summed E-state index contributed by atoms with van der Waals surface area (Å²) in [4.78, 5) is 8.63. The third kappa shape index (κ3) is 2.90. The number of nitrogens with zero attached hydrogens (tertiary/aromatic N) is 2. The van der Waals surface area contributed by atoms with E-state index in [0.717, 1.165) is 30.4 Å². The zero-order valence-electron chi connectivity index (χ0n) is 8.86. The minimum absolute atomic E-state index is 0.585. The van der Waals surface area contributed by atoms with Gasteiger partial charge in [-0.05, 0) is 19.2 Å². The Morgan fingerprint density at radius 2 is 2.40 bits per heavy atom.